The van der Waals surface area contributed by atoms with Crippen LogP contribution in [0.1, 0.15) is 17.2 Å². The highest BCUT2D eigenvalue weighted by Gasteiger charge is 2.09. The molecule has 1 unspecified atom stereocenters. The van der Waals surface area contributed by atoms with Crippen molar-refractivity contribution in [2.24, 2.45) is 0 Å². The van der Waals surface area contributed by atoms with Crippen molar-refractivity contribution in [3.05, 3.63) is 65.7 Å². The highest BCUT2D eigenvalue weighted by molar-refractivity contribution is 7.98. The number of nitrogens with zero attached hydrogens (tertiary/aromatic N) is 1. The maximum absolute atomic E-state index is 9.27. The number of rotatable bonds is 5. The third-order valence-corrected chi connectivity index (χ3v) is 3.67. The van der Waals surface area contributed by atoms with Gasteiger partial charge in [-0.05, 0) is 29.5 Å². The van der Waals surface area contributed by atoms with Crippen molar-refractivity contribution in [3.63, 3.8) is 0 Å². The van der Waals surface area contributed by atoms with Crippen LogP contribution in [-0.4, -0.2) is 6.26 Å². The molecule has 2 rings (SSSR count). The third kappa shape index (κ3) is 3.85. The van der Waals surface area contributed by atoms with Crippen LogP contribution in [0.2, 0.25) is 0 Å². The van der Waals surface area contributed by atoms with Crippen molar-refractivity contribution in [3.8, 4) is 6.07 Å². The Hall–Kier alpha value is -1.76. The fraction of sp³-hybridized carbons (Fsp3) is 0.188. The zero-order valence-corrected chi connectivity index (χ0v) is 11.7. The SMILES string of the molecule is CSc1ccc(C(C#N)NCc2ccccc2)cc1. The van der Waals surface area contributed by atoms with Crippen LogP contribution in [0.4, 0.5) is 0 Å². The first kappa shape index (κ1) is 13.7. The Labute approximate surface area is 118 Å². The van der Waals surface area contributed by atoms with Gasteiger partial charge in [0.05, 0.1) is 6.07 Å². The fourth-order valence-corrected chi connectivity index (χ4v) is 2.26. The number of nitrogens with one attached hydrogen (secondary N) is 1. The molecule has 0 saturated heterocycles. The van der Waals surface area contributed by atoms with Gasteiger partial charge in [-0.3, -0.25) is 5.32 Å². The van der Waals surface area contributed by atoms with Crippen molar-refractivity contribution < 1.29 is 0 Å². The second-order valence-electron chi connectivity index (χ2n) is 4.20. The maximum Gasteiger partial charge on any atom is 0.121 e. The van der Waals surface area contributed by atoms with Crippen LogP contribution in [0.15, 0.2) is 59.5 Å². The highest BCUT2D eigenvalue weighted by atomic mass is 32.2. The fourth-order valence-electron chi connectivity index (χ4n) is 1.85. The van der Waals surface area contributed by atoms with Gasteiger partial charge in [-0.2, -0.15) is 5.26 Å². The molecule has 0 heterocycles. The summed E-state index contributed by atoms with van der Waals surface area (Å²) >= 11 is 1.70. The average molecular weight is 268 g/mol. The van der Waals surface area contributed by atoms with E-state index in [0.717, 1.165) is 5.56 Å². The second kappa shape index (κ2) is 6.98. The lowest BCUT2D eigenvalue weighted by Crippen LogP contribution is -2.19. The minimum absolute atomic E-state index is 0.267. The molecule has 0 amide bonds. The molecular weight excluding hydrogens is 252 g/mol. The van der Waals surface area contributed by atoms with Crippen molar-refractivity contribution >= 4 is 11.8 Å². The number of nitriles is 1. The standard InChI is InChI=1S/C16H16N2S/c1-19-15-9-7-14(8-10-15)16(11-17)18-12-13-5-3-2-4-6-13/h2-10,16,18H,12H2,1H3. The van der Waals surface area contributed by atoms with Crippen LogP contribution >= 0.6 is 11.8 Å². The molecule has 0 aromatic heterocycles. The molecule has 0 aliphatic carbocycles. The zero-order chi connectivity index (χ0) is 13.5. The van der Waals surface area contributed by atoms with Gasteiger partial charge in [0.2, 0.25) is 0 Å². The lowest BCUT2D eigenvalue weighted by atomic mass is 10.1. The van der Waals surface area contributed by atoms with E-state index >= 15 is 0 Å². The minimum atomic E-state index is -0.267. The van der Waals surface area contributed by atoms with Gasteiger partial charge in [0, 0.05) is 11.4 Å². The topological polar surface area (TPSA) is 35.8 Å². The van der Waals surface area contributed by atoms with Crippen molar-refractivity contribution in [1.29, 1.82) is 5.26 Å². The first-order valence-electron chi connectivity index (χ1n) is 6.14. The zero-order valence-electron chi connectivity index (χ0n) is 10.8. The van der Waals surface area contributed by atoms with E-state index in [9.17, 15) is 5.26 Å². The third-order valence-electron chi connectivity index (χ3n) is 2.93. The quantitative estimate of drug-likeness (QED) is 0.839. The molecule has 2 aromatic rings. The summed E-state index contributed by atoms with van der Waals surface area (Å²) < 4.78 is 0. The Morgan fingerprint density at radius 1 is 1.11 bits per heavy atom. The molecular formula is C16H16N2S. The van der Waals surface area contributed by atoms with Crippen molar-refractivity contribution in [2.45, 2.75) is 17.5 Å². The molecule has 0 aliphatic heterocycles. The molecule has 19 heavy (non-hydrogen) atoms. The van der Waals surface area contributed by atoms with Crippen LogP contribution in [0.3, 0.4) is 0 Å². The largest absolute Gasteiger partial charge is 0.294 e. The maximum atomic E-state index is 9.27. The second-order valence-corrected chi connectivity index (χ2v) is 5.08. The van der Waals surface area contributed by atoms with E-state index in [4.69, 9.17) is 0 Å². The molecule has 0 saturated carbocycles. The van der Waals surface area contributed by atoms with Gasteiger partial charge in [0.15, 0.2) is 0 Å². The highest BCUT2D eigenvalue weighted by Crippen LogP contribution is 2.19. The van der Waals surface area contributed by atoms with Crippen LogP contribution in [0.5, 0.6) is 0 Å². The molecule has 0 aliphatic rings. The van der Waals surface area contributed by atoms with Gasteiger partial charge >= 0.3 is 0 Å². The Morgan fingerprint density at radius 2 is 1.79 bits per heavy atom. The molecule has 0 radical (unpaired) electrons. The van der Waals surface area contributed by atoms with Crippen molar-refractivity contribution in [1.82, 2.24) is 5.32 Å². The van der Waals surface area contributed by atoms with E-state index in [-0.39, 0.29) is 6.04 Å². The van der Waals surface area contributed by atoms with E-state index in [1.54, 1.807) is 11.8 Å². The Bertz CT molecular complexity index is 543. The summed E-state index contributed by atoms with van der Waals surface area (Å²) in [6.45, 7) is 0.698. The predicted octanol–water partition coefficient (Wildman–Crippen LogP) is 3.76. The van der Waals surface area contributed by atoms with Crippen LogP contribution in [0, 0.1) is 11.3 Å². The van der Waals surface area contributed by atoms with Gasteiger partial charge in [0.1, 0.15) is 6.04 Å². The summed E-state index contributed by atoms with van der Waals surface area (Å²) in [7, 11) is 0. The molecule has 2 nitrogen and oxygen atoms in total. The smallest absolute Gasteiger partial charge is 0.121 e. The Kier molecular flexibility index (Phi) is 5.02. The first-order chi connectivity index (χ1) is 9.33. The number of hydrogen-bond donors (Lipinski definition) is 1. The van der Waals surface area contributed by atoms with Crippen LogP contribution in [-0.2, 0) is 6.54 Å². The molecule has 0 fully saturated rings. The minimum Gasteiger partial charge on any atom is -0.294 e. The monoisotopic (exact) mass is 268 g/mol. The van der Waals surface area contributed by atoms with Crippen molar-refractivity contribution in [2.75, 3.05) is 6.26 Å². The molecule has 3 heteroatoms. The molecule has 1 atom stereocenters. The summed E-state index contributed by atoms with van der Waals surface area (Å²) in [5.74, 6) is 0. The summed E-state index contributed by atoms with van der Waals surface area (Å²) in [6, 6.07) is 20.3. The lowest BCUT2D eigenvalue weighted by Gasteiger charge is -2.12. The number of thioether (sulfide) groups is 1. The summed E-state index contributed by atoms with van der Waals surface area (Å²) in [6.07, 6.45) is 2.05. The van der Waals surface area contributed by atoms with E-state index in [1.807, 2.05) is 36.6 Å². The van der Waals surface area contributed by atoms with E-state index in [0.29, 0.717) is 6.54 Å². The lowest BCUT2D eigenvalue weighted by molar-refractivity contribution is 0.630. The number of hydrogen-bond acceptors (Lipinski definition) is 3. The predicted molar refractivity (Wildman–Crippen MR) is 79.9 cm³/mol. The normalized spacial score (nSPS) is 11.8. The Morgan fingerprint density at radius 3 is 2.37 bits per heavy atom. The van der Waals surface area contributed by atoms with Gasteiger partial charge in [-0.15, -0.1) is 11.8 Å². The Balaban J connectivity index is 2.02. The number of benzene rings is 2. The molecule has 2 aromatic carbocycles. The first-order valence-corrected chi connectivity index (χ1v) is 7.37. The van der Waals surface area contributed by atoms with Gasteiger partial charge in [-0.25, -0.2) is 0 Å². The average Bonchev–Trinajstić information content (AvgIpc) is 2.49. The summed E-state index contributed by atoms with van der Waals surface area (Å²) in [5.41, 5.74) is 2.19. The van der Waals surface area contributed by atoms with Gasteiger partial charge in [0.25, 0.3) is 0 Å². The molecule has 1 N–H and O–H groups in total. The summed E-state index contributed by atoms with van der Waals surface area (Å²) in [5, 5.41) is 12.5. The van der Waals surface area contributed by atoms with Gasteiger partial charge in [-0.1, -0.05) is 42.5 Å². The van der Waals surface area contributed by atoms with Gasteiger partial charge < -0.3 is 0 Å². The molecule has 96 valence electrons. The van der Waals surface area contributed by atoms with E-state index in [1.165, 1.54) is 10.5 Å². The summed E-state index contributed by atoms with van der Waals surface area (Å²) in [4.78, 5) is 1.21. The van der Waals surface area contributed by atoms with E-state index < -0.39 is 0 Å². The van der Waals surface area contributed by atoms with E-state index in [2.05, 4.69) is 35.7 Å². The van der Waals surface area contributed by atoms with Crippen LogP contribution < -0.4 is 5.32 Å². The molecule has 0 bridgehead atoms. The van der Waals surface area contributed by atoms with Crippen LogP contribution in [0.25, 0.3) is 0 Å². The molecule has 0 spiro atoms.